The number of amidine groups is 1. The van der Waals surface area contributed by atoms with Crippen molar-refractivity contribution in [1.29, 1.82) is 0 Å². The molecular weight excluding hydrogens is 482 g/mol. The minimum absolute atomic E-state index is 0. The molecule has 0 radical (unpaired) electrons. The molecule has 2 aromatic carbocycles. The van der Waals surface area contributed by atoms with Gasteiger partial charge in [0, 0.05) is 15.3 Å². The number of carbonyl (C=O) groups is 1. The average Bonchev–Trinajstić information content (AvgIpc) is 3.74. The Labute approximate surface area is 225 Å². The maximum atomic E-state index is 13.6. The van der Waals surface area contributed by atoms with Gasteiger partial charge in [0.15, 0.2) is 5.69 Å². The van der Waals surface area contributed by atoms with Crippen LogP contribution < -0.4 is 31.3 Å². The molecule has 0 spiro atoms. The second kappa shape index (κ2) is 12.0. The van der Waals surface area contributed by atoms with Crippen molar-refractivity contribution in [2.45, 2.75) is 57.0 Å². The molecule has 5 rings (SSSR count). The van der Waals surface area contributed by atoms with Gasteiger partial charge in [-0.2, -0.15) is 5.10 Å². The Balaban J connectivity index is 0.00000220. The molecule has 1 amide bonds. The highest BCUT2D eigenvalue weighted by Crippen LogP contribution is 2.41. The Bertz CT molecular complexity index is 1260. The molecule has 0 bridgehead atoms. The van der Waals surface area contributed by atoms with Crippen LogP contribution in [0.15, 0.2) is 59.7 Å². The normalized spacial score (nSPS) is 15.9. The average molecular weight is 522 g/mol. The minimum atomic E-state index is -0.213. The first kappa shape index (κ1) is 25.6. The van der Waals surface area contributed by atoms with Crippen LogP contribution in [0.2, 0.25) is 0 Å². The third kappa shape index (κ3) is 5.75. The molecule has 1 aliphatic heterocycles. The number of nitrogens with one attached hydrogen (secondary N) is 4. The third-order valence-corrected chi connectivity index (χ3v) is 7.18. The Kier molecular flexibility index (Phi) is 8.08. The van der Waals surface area contributed by atoms with Gasteiger partial charge in [-0.3, -0.25) is 14.9 Å². The molecule has 10 heteroatoms. The number of hydrazine groups is 2. The van der Waals surface area contributed by atoms with Crippen molar-refractivity contribution in [2.75, 3.05) is 14.2 Å². The molecule has 1 aromatic heterocycles. The van der Waals surface area contributed by atoms with Crippen molar-refractivity contribution < 1.29 is 17.1 Å². The number of hydrogen-bond acceptors (Lipinski definition) is 8. The molecule has 1 atom stereocenters. The molecule has 3 aromatic rings. The number of aryl methyl sites for hydroxylation is 1. The number of nitrogens with zero attached hydrogens (tertiary/aromatic N) is 3. The lowest BCUT2D eigenvalue weighted by Gasteiger charge is -2.18. The zero-order valence-electron chi connectivity index (χ0n) is 21.9. The van der Waals surface area contributed by atoms with E-state index in [1.165, 1.54) is 5.56 Å². The number of aromatic nitrogens is 2. The van der Waals surface area contributed by atoms with Crippen LogP contribution in [0.3, 0.4) is 0 Å². The van der Waals surface area contributed by atoms with E-state index in [4.69, 9.17) is 14.6 Å². The van der Waals surface area contributed by atoms with Gasteiger partial charge in [-0.05, 0) is 49.4 Å². The van der Waals surface area contributed by atoms with Crippen molar-refractivity contribution in [3.05, 3.63) is 65.9 Å². The maximum Gasteiger partial charge on any atom is 0.272 e. The van der Waals surface area contributed by atoms with E-state index >= 15 is 0 Å². The van der Waals surface area contributed by atoms with Crippen LogP contribution in [0, 0.1) is 0 Å². The summed E-state index contributed by atoms with van der Waals surface area (Å²) in [5.74, 6) is 1.89. The van der Waals surface area contributed by atoms with Crippen molar-refractivity contribution in [1.82, 2.24) is 31.6 Å². The summed E-state index contributed by atoms with van der Waals surface area (Å²) in [6, 6.07) is 17.9. The van der Waals surface area contributed by atoms with E-state index in [9.17, 15) is 4.79 Å². The number of methoxy groups -OCH3 is 2. The SMILES string of the molecule is COc1cccc(OC)c1-c1cc(C(=O)N[C@@H](CCc2ccccc2)CC2=NNNN2)nn1C1CCCC1.[HH].[HH]. The molecule has 10 nitrogen and oxygen atoms in total. The number of rotatable bonds is 11. The molecule has 38 heavy (non-hydrogen) atoms. The number of hydrazone groups is 1. The van der Waals surface area contributed by atoms with Crippen molar-refractivity contribution in [3.63, 3.8) is 0 Å². The zero-order valence-corrected chi connectivity index (χ0v) is 21.9. The molecule has 2 aliphatic rings. The smallest absolute Gasteiger partial charge is 0.272 e. The number of benzene rings is 2. The summed E-state index contributed by atoms with van der Waals surface area (Å²) >= 11 is 0. The Morgan fingerprint density at radius 3 is 2.50 bits per heavy atom. The van der Waals surface area contributed by atoms with Gasteiger partial charge in [0.2, 0.25) is 0 Å². The van der Waals surface area contributed by atoms with Gasteiger partial charge in [0.05, 0.1) is 31.5 Å². The van der Waals surface area contributed by atoms with Crippen molar-refractivity contribution in [3.8, 4) is 22.8 Å². The fourth-order valence-corrected chi connectivity index (χ4v) is 5.25. The van der Waals surface area contributed by atoms with Crippen LogP contribution in [0.25, 0.3) is 11.3 Å². The van der Waals surface area contributed by atoms with Crippen molar-refractivity contribution >= 4 is 11.7 Å². The number of ether oxygens (including phenoxy) is 2. The highest BCUT2D eigenvalue weighted by Gasteiger charge is 2.28. The van der Waals surface area contributed by atoms with Crippen LogP contribution in [0.4, 0.5) is 0 Å². The number of hydrogen-bond donors (Lipinski definition) is 4. The van der Waals surface area contributed by atoms with E-state index in [1.54, 1.807) is 14.2 Å². The maximum absolute atomic E-state index is 13.6. The van der Waals surface area contributed by atoms with Gasteiger partial charge >= 0.3 is 0 Å². The monoisotopic (exact) mass is 521 g/mol. The third-order valence-electron chi connectivity index (χ3n) is 7.18. The second-order valence-corrected chi connectivity index (χ2v) is 9.65. The van der Waals surface area contributed by atoms with Crippen LogP contribution >= 0.6 is 0 Å². The fraction of sp³-hybridized carbons (Fsp3) is 0.393. The van der Waals surface area contributed by atoms with Crippen molar-refractivity contribution in [2.24, 2.45) is 5.10 Å². The van der Waals surface area contributed by atoms with Crippen LogP contribution in [-0.4, -0.2) is 41.8 Å². The van der Waals surface area contributed by atoms with E-state index < -0.39 is 0 Å². The molecular formula is C28H39N7O3. The minimum Gasteiger partial charge on any atom is -0.496 e. The summed E-state index contributed by atoms with van der Waals surface area (Å²) in [5, 5.41) is 12.3. The Morgan fingerprint density at radius 1 is 1.11 bits per heavy atom. The van der Waals surface area contributed by atoms with Gasteiger partial charge in [-0.1, -0.05) is 49.2 Å². The van der Waals surface area contributed by atoms with Crippen LogP contribution in [0.5, 0.6) is 11.5 Å². The summed E-state index contributed by atoms with van der Waals surface area (Å²) in [6.07, 6.45) is 6.49. The van der Waals surface area contributed by atoms with Crippen LogP contribution in [0.1, 0.15) is 63.5 Å². The van der Waals surface area contributed by atoms with E-state index in [2.05, 4.69) is 39.0 Å². The van der Waals surface area contributed by atoms with Gasteiger partial charge in [0.1, 0.15) is 17.3 Å². The standard InChI is InChI=1S/C28H35N7O3.2H2/c1-37-24-13-8-14-25(38-2)27(24)23-18-22(32-35(23)21-11-6-7-12-21)28(36)29-20(17-26-30-33-34-31-26)16-15-19-9-4-3-5-10-19;;/h3-5,8-10,13-14,18,20-21,33-34H,6-7,11-12,15-17H2,1-2H3,(H,29,36)(H,30,31);2*1H/t20-;;/m0../s1. The fourth-order valence-electron chi connectivity index (χ4n) is 5.25. The molecule has 0 unspecified atom stereocenters. The summed E-state index contributed by atoms with van der Waals surface area (Å²) in [7, 11) is 3.28. The summed E-state index contributed by atoms with van der Waals surface area (Å²) < 4.78 is 13.4. The highest BCUT2D eigenvalue weighted by molar-refractivity contribution is 5.94. The van der Waals surface area contributed by atoms with E-state index in [0.29, 0.717) is 23.6 Å². The predicted molar refractivity (Wildman–Crippen MR) is 150 cm³/mol. The lowest BCUT2D eigenvalue weighted by Crippen LogP contribution is -2.41. The summed E-state index contributed by atoms with van der Waals surface area (Å²) in [5.41, 5.74) is 11.7. The molecule has 1 aliphatic carbocycles. The van der Waals surface area contributed by atoms with E-state index in [-0.39, 0.29) is 20.8 Å². The predicted octanol–water partition coefficient (Wildman–Crippen LogP) is 4.22. The molecule has 0 saturated heterocycles. The van der Waals surface area contributed by atoms with Crippen LogP contribution in [-0.2, 0) is 6.42 Å². The highest BCUT2D eigenvalue weighted by atomic mass is 16.5. The lowest BCUT2D eigenvalue weighted by atomic mass is 10.0. The molecule has 1 fully saturated rings. The molecule has 2 heterocycles. The largest absolute Gasteiger partial charge is 0.496 e. The lowest BCUT2D eigenvalue weighted by molar-refractivity contribution is 0.0930. The second-order valence-electron chi connectivity index (χ2n) is 9.65. The van der Waals surface area contributed by atoms with E-state index in [0.717, 1.165) is 55.6 Å². The summed E-state index contributed by atoms with van der Waals surface area (Å²) in [6.45, 7) is 0. The number of carbonyl (C=O) groups excluding carboxylic acids is 1. The molecule has 1 saturated carbocycles. The Hall–Kier alpha value is -4.05. The quantitative estimate of drug-likeness (QED) is 0.299. The van der Waals surface area contributed by atoms with Gasteiger partial charge < -0.3 is 14.8 Å². The first-order valence-corrected chi connectivity index (χ1v) is 13.1. The number of amides is 1. The van der Waals surface area contributed by atoms with Gasteiger partial charge in [-0.25, -0.2) is 5.53 Å². The van der Waals surface area contributed by atoms with E-state index in [1.807, 2.05) is 47.1 Å². The summed E-state index contributed by atoms with van der Waals surface area (Å²) in [4.78, 5) is 13.6. The first-order chi connectivity index (χ1) is 18.7. The van der Waals surface area contributed by atoms with Gasteiger partial charge in [-0.15, -0.1) is 10.6 Å². The molecule has 4 N–H and O–H groups in total. The first-order valence-electron chi connectivity index (χ1n) is 13.1. The zero-order chi connectivity index (χ0) is 26.3. The Morgan fingerprint density at radius 2 is 1.84 bits per heavy atom. The van der Waals surface area contributed by atoms with Gasteiger partial charge in [0.25, 0.3) is 5.91 Å². The topological polar surface area (TPSA) is 114 Å². The molecule has 204 valence electrons.